The maximum Gasteiger partial charge on any atom is 0.346 e. The van der Waals surface area contributed by atoms with Crippen molar-refractivity contribution in [2.75, 3.05) is 0 Å². The Kier molecular flexibility index (Phi) is 5.47. The van der Waals surface area contributed by atoms with Crippen LogP contribution in [0, 0.1) is 23.5 Å². The Morgan fingerprint density at radius 1 is 1.08 bits per heavy atom. The Morgan fingerprint density at radius 3 is 2.40 bits per heavy atom. The van der Waals surface area contributed by atoms with Crippen LogP contribution in [0.25, 0.3) is 0 Å². The Labute approximate surface area is 148 Å². The highest BCUT2D eigenvalue weighted by Gasteiger charge is 2.20. The first-order valence-corrected chi connectivity index (χ1v) is 8.77. The van der Waals surface area contributed by atoms with Crippen LogP contribution in [0.1, 0.15) is 50.0 Å². The maximum absolute atomic E-state index is 14.3. The van der Waals surface area contributed by atoms with Gasteiger partial charge in [0.2, 0.25) is 0 Å². The molecule has 0 heterocycles. The van der Waals surface area contributed by atoms with Crippen molar-refractivity contribution in [3.05, 3.63) is 65.2 Å². The van der Waals surface area contributed by atoms with E-state index in [2.05, 4.69) is 6.92 Å². The van der Waals surface area contributed by atoms with Gasteiger partial charge in [0.05, 0.1) is 5.56 Å². The van der Waals surface area contributed by atoms with Crippen molar-refractivity contribution in [2.45, 2.75) is 39.0 Å². The second-order valence-corrected chi connectivity index (χ2v) is 6.99. The second kappa shape index (κ2) is 7.77. The summed E-state index contributed by atoms with van der Waals surface area (Å²) < 4.78 is 32.3. The molecule has 1 aliphatic rings. The molecule has 0 amide bonds. The predicted octanol–water partition coefficient (Wildman–Crippen LogP) is 5.80. The van der Waals surface area contributed by atoms with E-state index in [1.165, 1.54) is 62.1 Å². The largest absolute Gasteiger partial charge is 0.423 e. The average Bonchev–Trinajstić information content (AvgIpc) is 2.59. The third-order valence-electron chi connectivity index (χ3n) is 4.94. The zero-order chi connectivity index (χ0) is 17.8. The number of hydrogen-bond donors (Lipinski definition) is 0. The van der Waals surface area contributed by atoms with Gasteiger partial charge >= 0.3 is 5.97 Å². The average molecular weight is 346 g/mol. The molecule has 0 aliphatic heterocycles. The van der Waals surface area contributed by atoms with Crippen LogP contribution >= 0.6 is 0 Å². The number of hydrogen-bond acceptors (Lipinski definition) is 2. The van der Waals surface area contributed by atoms with E-state index in [1.807, 2.05) is 0 Å². The lowest BCUT2D eigenvalue weighted by atomic mass is 9.80. The molecule has 0 saturated heterocycles. The molecule has 0 N–H and O–H groups in total. The fourth-order valence-corrected chi connectivity index (χ4v) is 3.38. The molecule has 3 rings (SSSR count). The lowest BCUT2D eigenvalue weighted by molar-refractivity contribution is 0.0729. The monoisotopic (exact) mass is 346 g/mol. The molecule has 2 aromatic rings. The summed E-state index contributed by atoms with van der Waals surface area (Å²) in [7, 11) is 0. The third kappa shape index (κ3) is 4.65. The minimum Gasteiger partial charge on any atom is -0.423 e. The normalized spacial score (nSPS) is 20.3. The molecule has 1 aliphatic carbocycles. The number of rotatable bonds is 4. The van der Waals surface area contributed by atoms with E-state index in [1.54, 1.807) is 6.07 Å². The summed E-state index contributed by atoms with van der Waals surface area (Å²) in [5, 5.41) is 0. The maximum atomic E-state index is 14.3. The molecular formula is C21H24F2O2. The fraction of sp³-hybridized carbons (Fsp3) is 0.381. The summed E-state index contributed by atoms with van der Waals surface area (Å²) >= 11 is 0. The van der Waals surface area contributed by atoms with E-state index in [0.29, 0.717) is 5.92 Å². The topological polar surface area (TPSA) is 26.3 Å². The van der Waals surface area contributed by atoms with Gasteiger partial charge in [-0.3, -0.25) is 0 Å². The van der Waals surface area contributed by atoms with Crippen LogP contribution in [0.15, 0.2) is 42.5 Å². The van der Waals surface area contributed by atoms with E-state index < -0.39 is 17.6 Å². The Bertz CT molecular complexity index is 738. The number of esters is 1. The highest BCUT2D eigenvalue weighted by atomic mass is 19.1. The number of carbonyl (C=O) groups excluding carboxylic acids is 1. The molecule has 4 heteroatoms. The molecule has 0 bridgehead atoms. The van der Waals surface area contributed by atoms with Crippen LogP contribution in [0.5, 0.6) is 5.75 Å². The highest BCUT2D eigenvalue weighted by molar-refractivity contribution is 5.91. The second-order valence-electron chi connectivity index (χ2n) is 6.99. The lowest BCUT2D eigenvalue weighted by Gasteiger charge is -2.26. The van der Waals surface area contributed by atoms with Gasteiger partial charge in [-0.25, -0.2) is 13.6 Å². The molecule has 0 unspecified atom stereocenters. The van der Waals surface area contributed by atoms with E-state index in [4.69, 9.17) is 4.74 Å². The van der Waals surface area contributed by atoms with Crippen LogP contribution in [0.3, 0.4) is 0 Å². The van der Waals surface area contributed by atoms with Gasteiger partial charge in [-0.1, -0.05) is 25.8 Å². The summed E-state index contributed by atoms with van der Waals surface area (Å²) in [5.41, 5.74) is 0.806. The standard InChI is InChI=1S/C21H22F2O2.H2/c1-14-2-4-15(5-3-14)12-16-6-11-19(20(23)13-16)21(24)25-18-9-7-17(22)8-10-18;/h6-11,13-15H,2-5,12H2,1H3;1H. The lowest BCUT2D eigenvalue weighted by Crippen LogP contribution is -2.15. The Hall–Kier alpha value is -2.23. The smallest absolute Gasteiger partial charge is 0.346 e. The molecule has 2 nitrogen and oxygen atoms in total. The molecule has 134 valence electrons. The number of benzene rings is 2. The van der Waals surface area contributed by atoms with Crippen LogP contribution in [0.2, 0.25) is 0 Å². The molecule has 0 radical (unpaired) electrons. The van der Waals surface area contributed by atoms with Crippen LogP contribution < -0.4 is 4.74 Å². The van der Waals surface area contributed by atoms with Gasteiger partial charge in [-0.15, -0.1) is 0 Å². The molecule has 2 aromatic carbocycles. The van der Waals surface area contributed by atoms with E-state index in [-0.39, 0.29) is 12.7 Å². The predicted molar refractivity (Wildman–Crippen MR) is 94.7 cm³/mol. The van der Waals surface area contributed by atoms with Crippen LogP contribution in [-0.2, 0) is 6.42 Å². The van der Waals surface area contributed by atoms with E-state index in [0.717, 1.165) is 17.9 Å². The molecule has 0 aromatic heterocycles. The fourth-order valence-electron chi connectivity index (χ4n) is 3.38. The van der Waals surface area contributed by atoms with E-state index in [9.17, 15) is 13.6 Å². The van der Waals surface area contributed by atoms with Crippen molar-refractivity contribution in [3.8, 4) is 5.75 Å². The summed E-state index contributed by atoms with van der Waals surface area (Å²) in [6.45, 7) is 2.28. The van der Waals surface area contributed by atoms with Crippen molar-refractivity contribution < 1.29 is 19.7 Å². The van der Waals surface area contributed by atoms with Crippen LogP contribution in [0.4, 0.5) is 8.78 Å². The minimum atomic E-state index is -0.776. The number of ether oxygens (including phenoxy) is 1. The van der Waals surface area contributed by atoms with Gasteiger partial charge in [0.25, 0.3) is 0 Å². The van der Waals surface area contributed by atoms with Gasteiger partial charge in [0.15, 0.2) is 0 Å². The van der Waals surface area contributed by atoms with Crippen molar-refractivity contribution in [1.29, 1.82) is 0 Å². The molecule has 25 heavy (non-hydrogen) atoms. The molecule has 0 spiro atoms. The number of carbonyl (C=O) groups is 1. The Morgan fingerprint density at radius 2 is 1.76 bits per heavy atom. The van der Waals surface area contributed by atoms with Crippen molar-refractivity contribution in [1.82, 2.24) is 0 Å². The van der Waals surface area contributed by atoms with Gasteiger partial charge in [0, 0.05) is 1.43 Å². The molecule has 1 fully saturated rings. The zero-order valence-electron chi connectivity index (χ0n) is 14.3. The summed E-state index contributed by atoms with van der Waals surface area (Å²) in [5.74, 6) is -0.209. The molecule has 0 atom stereocenters. The van der Waals surface area contributed by atoms with Gasteiger partial charge in [-0.05, 0) is 73.1 Å². The first-order valence-electron chi connectivity index (χ1n) is 8.77. The first kappa shape index (κ1) is 17.6. The highest BCUT2D eigenvalue weighted by Crippen LogP contribution is 2.31. The van der Waals surface area contributed by atoms with Crippen molar-refractivity contribution in [2.24, 2.45) is 11.8 Å². The molecule has 1 saturated carbocycles. The van der Waals surface area contributed by atoms with E-state index >= 15 is 0 Å². The summed E-state index contributed by atoms with van der Waals surface area (Å²) in [4.78, 5) is 12.1. The molecular weight excluding hydrogens is 322 g/mol. The van der Waals surface area contributed by atoms with Gasteiger partial charge in [0.1, 0.15) is 17.4 Å². The summed E-state index contributed by atoms with van der Waals surface area (Å²) in [6, 6.07) is 9.75. The Balaban J connectivity index is 0.00000243. The van der Waals surface area contributed by atoms with Gasteiger partial charge < -0.3 is 4.74 Å². The van der Waals surface area contributed by atoms with Crippen LogP contribution in [-0.4, -0.2) is 5.97 Å². The third-order valence-corrected chi connectivity index (χ3v) is 4.94. The first-order chi connectivity index (χ1) is 12.0. The van der Waals surface area contributed by atoms with Crippen molar-refractivity contribution >= 4 is 5.97 Å². The number of halogens is 2. The summed E-state index contributed by atoms with van der Waals surface area (Å²) in [6.07, 6.45) is 5.66. The van der Waals surface area contributed by atoms with Crippen molar-refractivity contribution in [3.63, 3.8) is 0 Å². The minimum absolute atomic E-state index is 0. The zero-order valence-corrected chi connectivity index (χ0v) is 14.3. The quantitative estimate of drug-likeness (QED) is 0.517. The SMILES string of the molecule is CC1CCC(Cc2ccc(C(=O)Oc3ccc(F)cc3)c(F)c2)CC1.[HH]. The van der Waals surface area contributed by atoms with Gasteiger partial charge in [-0.2, -0.15) is 0 Å².